The molecule has 0 unspecified atom stereocenters. The number of allylic oxidation sites excluding steroid dienone is 1. The van der Waals surface area contributed by atoms with E-state index in [1.807, 2.05) is 12.1 Å². The van der Waals surface area contributed by atoms with Gasteiger partial charge in [0.05, 0.1) is 0 Å². The van der Waals surface area contributed by atoms with Crippen molar-refractivity contribution in [2.75, 3.05) is 0 Å². The van der Waals surface area contributed by atoms with Crippen LogP contribution < -0.4 is 4.74 Å². The second kappa shape index (κ2) is 6.91. The van der Waals surface area contributed by atoms with Gasteiger partial charge in [-0.25, -0.2) is 4.39 Å². The highest BCUT2D eigenvalue weighted by molar-refractivity contribution is 5.98. The first-order valence-electron chi connectivity index (χ1n) is 10.3. The lowest BCUT2D eigenvalue weighted by atomic mass is 9.48. The maximum absolute atomic E-state index is 13.0. The molecule has 28 heavy (non-hydrogen) atoms. The monoisotopic (exact) mass is 380 g/mol. The maximum atomic E-state index is 13.0. The van der Waals surface area contributed by atoms with Gasteiger partial charge in [0.2, 0.25) is 0 Å². The van der Waals surface area contributed by atoms with Crippen LogP contribution in [0, 0.1) is 29.0 Å². The van der Waals surface area contributed by atoms with Crippen molar-refractivity contribution in [3.05, 3.63) is 59.8 Å². The van der Waals surface area contributed by atoms with Gasteiger partial charge in [-0.15, -0.1) is 0 Å². The van der Waals surface area contributed by atoms with Gasteiger partial charge in [-0.1, -0.05) is 0 Å². The van der Waals surface area contributed by atoms with Crippen LogP contribution in [0.4, 0.5) is 4.39 Å². The lowest BCUT2D eigenvalue weighted by molar-refractivity contribution is -0.138. The first-order chi connectivity index (χ1) is 13.6. The summed E-state index contributed by atoms with van der Waals surface area (Å²) in [7, 11) is 0. The summed E-state index contributed by atoms with van der Waals surface area (Å²) in [6.07, 6.45) is 10.8. The number of rotatable bonds is 6. The quantitative estimate of drug-likeness (QED) is 0.595. The first-order valence-corrected chi connectivity index (χ1v) is 10.3. The Morgan fingerprint density at radius 2 is 1.68 bits per heavy atom. The summed E-state index contributed by atoms with van der Waals surface area (Å²) in [5.41, 5.74) is -0.105. The molecule has 4 saturated carbocycles. The van der Waals surface area contributed by atoms with Crippen LogP contribution in [0.2, 0.25) is 0 Å². The van der Waals surface area contributed by atoms with Gasteiger partial charge < -0.3 is 9.15 Å². The Balaban J connectivity index is 1.21. The maximum Gasteiger partial charge on any atom is 0.161 e. The Kier molecular flexibility index (Phi) is 4.37. The van der Waals surface area contributed by atoms with E-state index >= 15 is 0 Å². The fourth-order valence-corrected chi connectivity index (χ4v) is 5.99. The second-order valence-electron chi connectivity index (χ2n) is 8.94. The van der Waals surface area contributed by atoms with Crippen molar-refractivity contribution in [3.8, 4) is 5.75 Å². The zero-order chi connectivity index (χ0) is 19.1. The molecular formula is C24H25FO3. The average Bonchev–Trinajstić information content (AvgIpc) is 3.12. The predicted octanol–water partition coefficient (Wildman–Crippen LogP) is 5.80. The van der Waals surface area contributed by atoms with Crippen molar-refractivity contribution < 1.29 is 18.3 Å². The van der Waals surface area contributed by atoms with Gasteiger partial charge in [0.25, 0.3) is 0 Å². The predicted molar refractivity (Wildman–Crippen MR) is 104 cm³/mol. The van der Waals surface area contributed by atoms with Crippen LogP contribution in [0.25, 0.3) is 6.08 Å². The fourth-order valence-electron chi connectivity index (χ4n) is 5.99. The van der Waals surface area contributed by atoms with Gasteiger partial charge in [-0.2, -0.15) is 0 Å². The van der Waals surface area contributed by atoms with Gasteiger partial charge in [-0.05, 0) is 105 Å². The summed E-state index contributed by atoms with van der Waals surface area (Å²) in [5.74, 6) is 4.22. The second-order valence-corrected chi connectivity index (χ2v) is 8.94. The molecule has 1 heterocycles. The topological polar surface area (TPSA) is 39.4 Å². The molecule has 6 rings (SSSR count). The average molecular weight is 380 g/mol. The third kappa shape index (κ3) is 3.41. The minimum absolute atomic E-state index is 0.105. The number of carbonyl (C=O) groups is 1. The lowest BCUT2D eigenvalue weighted by Gasteiger charge is -2.55. The van der Waals surface area contributed by atoms with E-state index in [9.17, 15) is 9.18 Å². The van der Waals surface area contributed by atoms with Crippen LogP contribution in [0.3, 0.4) is 0 Å². The van der Waals surface area contributed by atoms with E-state index in [0.29, 0.717) is 17.3 Å². The van der Waals surface area contributed by atoms with E-state index in [-0.39, 0.29) is 23.6 Å². The number of halogens is 1. The number of benzene rings is 1. The van der Waals surface area contributed by atoms with E-state index < -0.39 is 0 Å². The molecule has 0 atom stereocenters. The summed E-state index contributed by atoms with van der Waals surface area (Å²) in [5, 5.41) is 0. The van der Waals surface area contributed by atoms with Crippen molar-refractivity contribution in [1.29, 1.82) is 0 Å². The van der Waals surface area contributed by atoms with Gasteiger partial charge >= 0.3 is 0 Å². The summed E-state index contributed by atoms with van der Waals surface area (Å²) in [6, 6.07) is 9.60. The number of hydrogen-bond donors (Lipinski definition) is 0. The minimum atomic E-state index is -0.290. The zero-order valence-electron chi connectivity index (χ0n) is 15.9. The Labute approximate surface area is 164 Å². The number of ketones is 1. The molecule has 0 N–H and O–H groups in total. The van der Waals surface area contributed by atoms with E-state index in [0.717, 1.165) is 37.0 Å². The van der Waals surface area contributed by atoms with Crippen molar-refractivity contribution in [1.82, 2.24) is 0 Å². The van der Waals surface area contributed by atoms with E-state index in [2.05, 4.69) is 0 Å². The molecular weight excluding hydrogens is 355 g/mol. The Bertz CT molecular complexity index is 858. The smallest absolute Gasteiger partial charge is 0.161 e. The molecule has 4 bridgehead atoms. The van der Waals surface area contributed by atoms with Crippen molar-refractivity contribution in [3.63, 3.8) is 0 Å². The number of furan rings is 1. The summed E-state index contributed by atoms with van der Waals surface area (Å²) < 4.78 is 24.3. The first kappa shape index (κ1) is 17.7. The highest BCUT2D eigenvalue weighted by Gasteiger charge is 2.53. The molecule has 0 radical (unpaired) electrons. The van der Waals surface area contributed by atoms with Crippen LogP contribution in [-0.4, -0.2) is 5.78 Å². The molecule has 146 valence electrons. The Morgan fingerprint density at radius 3 is 2.32 bits per heavy atom. The molecule has 1 aromatic carbocycles. The normalized spacial score (nSPS) is 30.8. The zero-order valence-corrected chi connectivity index (χ0v) is 15.9. The van der Waals surface area contributed by atoms with E-state index in [1.54, 1.807) is 24.3 Å². The lowest BCUT2D eigenvalue weighted by Crippen LogP contribution is -2.49. The summed E-state index contributed by atoms with van der Waals surface area (Å²) >= 11 is 0. The molecule has 4 aliphatic rings. The third-order valence-corrected chi connectivity index (χ3v) is 6.84. The Morgan fingerprint density at radius 1 is 1.04 bits per heavy atom. The third-order valence-electron chi connectivity index (χ3n) is 6.84. The van der Waals surface area contributed by atoms with Gasteiger partial charge in [-0.3, -0.25) is 4.79 Å². The largest absolute Gasteiger partial charge is 0.486 e. The SMILES string of the molecule is O=C(/C=C/c1ccc(COc2ccc(F)cc2)o1)C12CC3CC(CC(C3)C1)C2. The molecule has 4 heteroatoms. The number of carbonyl (C=O) groups excluding carboxylic acids is 1. The molecule has 0 spiro atoms. The molecule has 4 aliphatic carbocycles. The highest BCUT2D eigenvalue weighted by Crippen LogP contribution is 2.60. The Hall–Kier alpha value is -2.36. The molecule has 0 aliphatic heterocycles. The fraction of sp³-hybridized carbons (Fsp3) is 0.458. The van der Waals surface area contributed by atoms with Crippen LogP contribution in [-0.2, 0) is 11.4 Å². The van der Waals surface area contributed by atoms with Crippen LogP contribution in [0.5, 0.6) is 5.75 Å². The molecule has 4 fully saturated rings. The standard InChI is InChI=1S/C24H25FO3/c25-19-1-3-20(4-2-19)27-15-22-6-5-21(28-22)7-8-23(26)24-12-16-9-17(13-24)11-18(10-16)14-24/h1-8,16-18H,9-15H2/b8-7+. The molecule has 0 amide bonds. The van der Waals surface area contributed by atoms with E-state index in [1.165, 1.54) is 31.4 Å². The van der Waals surface area contributed by atoms with Crippen LogP contribution in [0.1, 0.15) is 50.0 Å². The summed E-state index contributed by atoms with van der Waals surface area (Å²) in [4.78, 5) is 13.0. The van der Waals surface area contributed by atoms with E-state index in [4.69, 9.17) is 9.15 Å². The number of hydrogen-bond acceptors (Lipinski definition) is 3. The molecule has 2 aromatic rings. The van der Waals surface area contributed by atoms with Crippen molar-refractivity contribution >= 4 is 11.9 Å². The van der Waals surface area contributed by atoms with Crippen LogP contribution in [0.15, 0.2) is 46.9 Å². The summed E-state index contributed by atoms with van der Waals surface area (Å²) in [6.45, 7) is 0.266. The minimum Gasteiger partial charge on any atom is -0.486 e. The number of ether oxygens (including phenoxy) is 1. The van der Waals surface area contributed by atoms with Crippen molar-refractivity contribution in [2.24, 2.45) is 23.2 Å². The van der Waals surface area contributed by atoms with Gasteiger partial charge in [0.15, 0.2) is 5.78 Å². The molecule has 3 nitrogen and oxygen atoms in total. The molecule has 0 saturated heterocycles. The highest BCUT2D eigenvalue weighted by atomic mass is 19.1. The van der Waals surface area contributed by atoms with Gasteiger partial charge in [0.1, 0.15) is 29.7 Å². The van der Waals surface area contributed by atoms with Crippen molar-refractivity contribution in [2.45, 2.75) is 45.1 Å². The van der Waals surface area contributed by atoms with Gasteiger partial charge in [0, 0.05) is 5.41 Å². The molecule has 1 aromatic heterocycles. The van der Waals surface area contributed by atoms with Crippen LogP contribution >= 0.6 is 0 Å².